The lowest BCUT2D eigenvalue weighted by Crippen LogP contribution is -2.15. The van der Waals surface area contributed by atoms with Crippen molar-refractivity contribution in [2.75, 3.05) is 4.72 Å². The van der Waals surface area contributed by atoms with Crippen LogP contribution in [-0.2, 0) is 10.0 Å². The van der Waals surface area contributed by atoms with Gasteiger partial charge in [0.05, 0.1) is 15.5 Å². The van der Waals surface area contributed by atoms with Crippen LogP contribution in [0.1, 0.15) is 11.1 Å². The molecule has 0 aliphatic rings. The number of hydrogen-bond acceptors (Lipinski definition) is 4. The maximum Gasteiger partial charge on any atom is 0.289 e. The molecule has 2 aromatic rings. The predicted molar refractivity (Wildman–Crippen MR) is 84.8 cm³/mol. The molecule has 2 aromatic carbocycles. The highest BCUT2D eigenvalue weighted by Crippen LogP contribution is 2.29. The third-order valence-electron chi connectivity index (χ3n) is 3.14. The second kappa shape index (κ2) is 5.94. The number of anilines is 1. The molecule has 0 radical (unpaired) electrons. The van der Waals surface area contributed by atoms with E-state index in [4.69, 9.17) is 11.6 Å². The third kappa shape index (κ3) is 3.20. The Morgan fingerprint density at radius 2 is 1.73 bits per heavy atom. The molecule has 0 bridgehead atoms. The summed E-state index contributed by atoms with van der Waals surface area (Å²) in [7, 11) is -3.94. The van der Waals surface area contributed by atoms with E-state index in [9.17, 15) is 18.5 Å². The summed E-state index contributed by atoms with van der Waals surface area (Å²) < 4.78 is 27.3. The Morgan fingerprint density at radius 1 is 1.14 bits per heavy atom. The summed E-state index contributed by atoms with van der Waals surface area (Å²) in [5.41, 5.74) is 1.52. The molecule has 116 valence electrons. The van der Waals surface area contributed by atoms with Gasteiger partial charge in [-0.15, -0.1) is 0 Å². The summed E-state index contributed by atoms with van der Waals surface area (Å²) in [6.07, 6.45) is 0. The van der Waals surface area contributed by atoms with Gasteiger partial charge in [0, 0.05) is 6.07 Å². The van der Waals surface area contributed by atoms with E-state index < -0.39 is 20.6 Å². The highest BCUT2D eigenvalue weighted by molar-refractivity contribution is 7.92. The minimum atomic E-state index is -3.94. The lowest BCUT2D eigenvalue weighted by Gasteiger charge is -2.13. The van der Waals surface area contributed by atoms with E-state index in [1.54, 1.807) is 26.0 Å². The number of halogens is 1. The average Bonchev–Trinajstić information content (AvgIpc) is 2.43. The molecule has 0 spiro atoms. The Hall–Kier alpha value is -2.12. The molecule has 8 heteroatoms. The van der Waals surface area contributed by atoms with Crippen LogP contribution in [0.2, 0.25) is 5.02 Å². The van der Waals surface area contributed by atoms with Crippen molar-refractivity contribution in [3.8, 4) is 0 Å². The topological polar surface area (TPSA) is 89.3 Å². The largest absolute Gasteiger partial charge is 0.289 e. The SMILES string of the molecule is Cc1cccc(C)c1NS(=O)(=O)c1ccc(Cl)c([N+](=O)[O-])c1. The molecule has 0 aliphatic heterocycles. The molecule has 2 rings (SSSR count). The van der Waals surface area contributed by atoms with Gasteiger partial charge in [0.15, 0.2) is 0 Å². The fraction of sp³-hybridized carbons (Fsp3) is 0.143. The summed E-state index contributed by atoms with van der Waals surface area (Å²) in [4.78, 5) is 9.94. The molecule has 1 N–H and O–H groups in total. The molecule has 6 nitrogen and oxygen atoms in total. The molecule has 0 heterocycles. The van der Waals surface area contributed by atoms with Gasteiger partial charge in [-0.2, -0.15) is 0 Å². The van der Waals surface area contributed by atoms with Crippen LogP contribution in [-0.4, -0.2) is 13.3 Å². The van der Waals surface area contributed by atoms with Crippen molar-refractivity contribution < 1.29 is 13.3 Å². The van der Waals surface area contributed by atoms with E-state index >= 15 is 0 Å². The van der Waals surface area contributed by atoms with E-state index in [0.29, 0.717) is 5.69 Å². The molecule has 0 saturated heterocycles. The molecule has 22 heavy (non-hydrogen) atoms. The molecule has 0 amide bonds. The maximum atomic E-state index is 12.4. The fourth-order valence-electron chi connectivity index (χ4n) is 1.97. The van der Waals surface area contributed by atoms with Gasteiger partial charge < -0.3 is 0 Å². The molecule has 0 atom stereocenters. The van der Waals surface area contributed by atoms with Crippen molar-refractivity contribution in [2.45, 2.75) is 18.7 Å². The Balaban J connectivity index is 2.48. The molecule has 0 unspecified atom stereocenters. The lowest BCUT2D eigenvalue weighted by atomic mass is 10.1. The summed E-state index contributed by atoms with van der Waals surface area (Å²) in [5, 5.41) is 10.8. The van der Waals surface area contributed by atoms with Crippen LogP contribution in [0.3, 0.4) is 0 Å². The third-order valence-corrected chi connectivity index (χ3v) is 4.81. The van der Waals surface area contributed by atoms with Crippen LogP contribution >= 0.6 is 11.6 Å². The highest BCUT2D eigenvalue weighted by Gasteiger charge is 2.21. The minimum absolute atomic E-state index is 0.115. The monoisotopic (exact) mass is 340 g/mol. The number of para-hydroxylation sites is 1. The van der Waals surface area contributed by atoms with Crippen molar-refractivity contribution in [1.82, 2.24) is 0 Å². The van der Waals surface area contributed by atoms with E-state index in [2.05, 4.69) is 4.72 Å². The van der Waals surface area contributed by atoms with Crippen LogP contribution in [0.5, 0.6) is 0 Å². The highest BCUT2D eigenvalue weighted by atomic mass is 35.5. The lowest BCUT2D eigenvalue weighted by molar-refractivity contribution is -0.384. The zero-order valence-corrected chi connectivity index (χ0v) is 13.4. The van der Waals surface area contributed by atoms with E-state index in [-0.39, 0.29) is 9.92 Å². The standard InChI is InChI=1S/C14H13ClN2O4S/c1-9-4-3-5-10(2)14(9)16-22(20,21)11-6-7-12(15)13(8-11)17(18)19/h3-8,16H,1-2H3. The van der Waals surface area contributed by atoms with Crippen molar-refractivity contribution in [2.24, 2.45) is 0 Å². The first-order chi connectivity index (χ1) is 10.2. The second-order valence-electron chi connectivity index (χ2n) is 4.74. The summed E-state index contributed by atoms with van der Waals surface area (Å²) in [5.74, 6) is 0. The van der Waals surface area contributed by atoms with Gasteiger partial charge in [-0.3, -0.25) is 14.8 Å². The molecular formula is C14H13ClN2O4S. The first kappa shape index (κ1) is 16.3. The maximum absolute atomic E-state index is 12.4. The summed E-state index contributed by atoms with van der Waals surface area (Å²) in [6, 6.07) is 8.72. The number of nitrogens with one attached hydrogen (secondary N) is 1. The number of aryl methyl sites for hydroxylation is 2. The number of hydrogen-bond donors (Lipinski definition) is 1. The van der Waals surface area contributed by atoms with Crippen molar-refractivity contribution in [1.29, 1.82) is 0 Å². The predicted octanol–water partition coefficient (Wildman–Crippen LogP) is 3.67. The smallest absolute Gasteiger partial charge is 0.279 e. The van der Waals surface area contributed by atoms with Crippen molar-refractivity contribution >= 4 is 33.0 Å². The zero-order valence-electron chi connectivity index (χ0n) is 11.8. The number of nitro benzene ring substituents is 1. The number of nitrogens with zero attached hydrogens (tertiary/aromatic N) is 1. The Kier molecular flexibility index (Phi) is 4.39. The molecule has 0 aliphatic carbocycles. The van der Waals surface area contributed by atoms with Gasteiger partial charge in [-0.05, 0) is 37.1 Å². The van der Waals surface area contributed by atoms with Crippen LogP contribution < -0.4 is 4.72 Å². The first-order valence-corrected chi connectivity index (χ1v) is 8.11. The Labute approximate surface area is 132 Å². The van der Waals surface area contributed by atoms with Crippen LogP contribution in [0.4, 0.5) is 11.4 Å². The minimum Gasteiger partial charge on any atom is -0.279 e. The van der Waals surface area contributed by atoms with E-state index in [1.807, 2.05) is 6.07 Å². The number of nitro groups is 1. The van der Waals surface area contributed by atoms with Gasteiger partial charge in [0.2, 0.25) is 0 Å². The Bertz CT molecular complexity index is 830. The van der Waals surface area contributed by atoms with Crippen molar-refractivity contribution in [3.63, 3.8) is 0 Å². The molecular weight excluding hydrogens is 328 g/mol. The fourth-order valence-corrected chi connectivity index (χ4v) is 3.38. The van der Waals surface area contributed by atoms with Gasteiger partial charge >= 0.3 is 0 Å². The zero-order chi connectivity index (χ0) is 16.5. The quantitative estimate of drug-likeness (QED) is 0.679. The van der Waals surface area contributed by atoms with E-state index in [0.717, 1.165) is 17.2 Å². The van der Waals surface area contributed by atoms with Crippen LogP contribution in [0, 0.1) is 24.0 Å². The van der Waals surface area contributed by atoms with Crippen LogP contribution in [0.15, 0.2) is 41.3 Å². The van der Waals surface area contributed by atoms with E-state index in [1.165, 1.54) is 12.1 Å². The molecule has 0 fully saturated rings. The second-order valence-corrected chi connectivity index (χ2v) is 6.83. The van der Waals surface area contributed by atoms with Crippen LogP contribution in [0.25, 0.3) is 0 Å². The number of sulfonamides is 1. The summed E-state index contributed by atoms with van der Waals surface area (Å²) >= 11 is 5.70. The average molecular weight is 341 g/mol. The first-order valence-electron chi connectivity index (χ1n) is 6.25. The normalized spacial score (nSPS) is 11.2. The molecule has 0 aromatic heterocycles. The van der Waals surface area contributed by atoms with Gasteiger partial charge in [-0.1, -0.05) is 29.8 Å². The number of benzene rings is 2. The Morgan fingerprint density at radius 3 is 2.27 bits per heavy atom. The van der Waals surface area contributed by atoms with Gasteiger partial charge in [0.1, 0.15) is 5.02 Å². The number of rotatable bonds is 4. The van der Waals surface area contributed by atoms with Crippen molar-refractivity contribution in [3.05, 3.63) is 62.7 Å². The molecule has 0 saturated carbocycles. The van der Waals surface area contributed by atoms with Gasteiger partial charge in [-0.25, -0.2) is 8.42 Å². The van der Waals surface area contributed by atoms with Gasteiger partial charge in [0.25, 0.3) is 15.7 Å². The summed E-state index contributed by atoms with van der Waals surface area (Å²) in [6.45, 7) is 3.55.